The quantitative estimate of drug-likeness (QED) is 0.687. The molecule has 10 heteroatoms. The summed E-state index contributed by atoms with van der Waals surface area (Å²) >= 11 is 3.24. The summed E-state index contributed by atoms with van der Waals surface area (Å²) in [6, 6.07) is 6.49. The molecule has 1 amide bonds. The van der Waals surface area contributed by atoms with Crippen LogP contribution in [0.5, 0.6) is 0 Å². The lowest BCUT2D eigenvalue weighted by molar-refractivity contribution is -0.173. The van der Waals surface area contributed by atoms with E-state index in [0.717, 1.165) is 10.2 Å². The van der Waals surface area contributed by atoms with Crippen LogP contribution in [0.4, 0.5) is 19.0 Å². The van der Waals surface area contributed by atoms with Gasteiger partial charge in [-0.1, -0.05) is 30.3 Å². The molecule has 6 nitrogen and oxygen atoms in total. The zero-order chi connectivity index (χ0) is 19.6. The fraction of sp³-hybridized carbons (Fsp3) is 0.412. The lowest BCUT2D eigenvalue weighted by Gasteiger charge is -2.33. The maximum atomic E-state index is 13.7. The summed E-state index contributed by atoms with van der Waals surface area (Å²) in [5, 5.41) is 9.58. The van der Waals surface area contributed by atoms with Crippen molar-refractivity contribution in [3.63, 3.8) is 0 Å². The van der Waals surface area contributed by atoms with Crippen LogP contribution >= 0.6 is 15.9 Å². The van der Waals surface area contributed by atoms with Crippen molar-refractivity contribution < 1.29 is 22.7 Å². The highest BCUT2D eigenvalue weighted by atomic mass is 79.9. The first-order chi connectivity index (χ1) is 12.8. The Kier molecular flexibility index (Phi) is 5.75. The zero-order valence-electron chi connectivity index (χ0n) is 14.4. The number of rotatable bonds is 5. The number of methoxy groups -OCH3 is 1. The van der Waals surface area contributed by atoms with E-state index >= 15 is 0 Å². The smallest absolute Gasteiger partial charge is 0.383 e. The van der Waals surface area contributed by atoms with Gasteiger partial charge >= 0.3 is 6.18 Å². The number of nitrogens with one attached hydrogen (secondary N) is 2. The molecule has 0 bridgehead atoms. The predicted molar refractivity (Wildman–Crippen MR) is 96.7 cm³/mol. The van der Waals surface area contributed by atoms with Gasteiger partial charge in [0.25, 0.3) is 5.91 Å². The number of amides is 1. The number of alkyl halides is 3. The van der Waals surface area contributed by atoms with E-state index < -0.39 is 24.2 Å². The average molecular weight is 447 g/mol. The minimum absolute atomic E-state index is 0.100. The Morgan fingerprint density at radius 3 is 2.74 bits per heavy atom. The largest absolute Gasteiger partial charge is 0.410 e. The number of carbonyl (C=O) groups excluding carboxylic acids is 1. The molecule has 27 heavy (non-hydrogen) atoms. The van der Waals surface area contributed by atoms with Gasteiger partial charge in [-0.3, -0.25) is 4.79 Å². The summed E-state index contributed by atoms with van der Waals surface area (Å²) in [4.78, 5) is 12.3. The van der Waals surface area contributed by atoms with Crippen molar-refractivity contribution in [1.29, 1.82) is 0 Å². The molecule has 2 N–H and O–H groups in total. The van der Waals surface area contributed by atoms with Gasteiger partial charge in [-0.2, -0.15) is 18.3 Å². The molecule has 1 aliphatic heterocycles. The van der Waals surface area contributed by atoms with Crippen LogP contribution in [0.3, 0.4) is 0 Å². The van der Waals surface area contributed by atoms with Crippen LogP contribution in [-0.2, 0) is 4.74 Å². The molecular formula is C17H18BrF3N4O2. The predicted octanol–water partition coefficient (Wildman–Crippen LogP) is 3.68. The Morgan fingerprint density at radius 1 is 1.41 bits per heavy atom. The van der Waals surface area contributed by atoms with Crippen molar-refractivity contribution >= 4 is 27.7 Å². The third kappa shape index (κ3) is 4.11. The molecule has 0 aliphatic carbocycles. The van der Waals surface area contributed by atoms with Crippen LogP contribution in [0.25, 0.3) is 0 Å². The van der Waals surface area contributed by atoms with Gasteiger partial charge in [-0.05, 0) is 21.5 Å². The van der Waals surface area contributed by atoms with E-state index in [9.17, 15) is 18.0 Å². The van der Waals surface area contributed by atoms with Crippen LogP contribution in [-0.4, -0.2) is 42.1 Å². The molecule has 2 aromatic rings. The summed E-state index contributed by atoms with van der Waals surface area (Å²) < 4.78 is 46.9. The van der Waals surface area contributed by atoms with Crippen LogP contribution in [0.1, 0.15) is 34.6 Å². The second kappa shape index (κ2) is 7.89. The number of hydrogen-bond acceptors (Lipinski definition) is 4. The van der Waals surface area contributed by atoms with E-state index in [0.29, 0.717) is 0 Å². The second-order valence-corrected chi connectivity index (χ2v) is 6.90. The number of carbonyl (C=O) groups is 1. The standard InChI is InChI=1S/C17H18BrF3N4O2/c1-27-8-7-22-16(26)14-13(18)15-23-11(10-5-3-2-4-6-10)9-12(17(19,20)21)25(15)24-14/h2-6,11-12,23H,7-9H2,1H3,(H,22,26)/t11-,12-/m1/s1. The van der Waals surface area contributed by atoms with Crippen molar-refractivity contribution in [3.8, 4) is 0 Å². The lowest BCUT2D eigenvalue weighted by atomic mass is 9.97. The number of hydrogen-bond donors (Lipinski definition) is 2. The number of fused-ring (bicyclic) bond motifs is 1. The molecule has 3 rings (SSSR count). The Balaban J connectivity index is 1.96. The summed E-state index contributed by atoms with van der Waals surface area (Å²) in [7, 11) is 1.49. The van der Waals surface area contributed by atoms with Gasteiger partial charge in [0.1, 0.15) is 5.82 Å². The van der Waals surface area contributed by atoms with Crippen molar-refractivity contribution in [1.82, 2.24) is 15.1 Å². The third-order valence-corrected chi connectivity index (χ3v) is 5.06. The van der Waals surface area contributed by atoms with Gasteiger partial charge in [-0.25, -0.2) is 4.68 Å². The van der Waals surface area contributed by atoms with Crippen LogP contribution in [0, 0.1) is 0 Å². The summed E-state index contributed by atoms with van der Waals surface area (Å²) in [5.74, 6) is -0.436. The Labute approximate surface area is 162 Å². The minimum Gasteiger partial charge on any atom is -0.383 e. The van der Waals surface area contributed by atoms with E-state index in [1.54, 1.807) is 30.3 Å². The average Bonchev–Trinajstić information content (AvgIpc) is 2.98. The van der Waals surface area contributed by atoms with E-state index in [2.05, 4.69) is 31.7 Å². The Hall–Kier alpha value is -2.07. The highest BCUT2D eigenvalue weighted by molar-refractivity contribution is 9.10. The molecule has 1 aliphatic rings. The number of nitrogens with zero attached hydrogens (tertiary/aromatic N) is 2. The lowest BCUT2D eigenvalue weighted by Crippen LogP contribution is -2.36. The number of ether oxygens (including phenoxy) is 1. The molecule has 1 aromatic carbocycles. The molecule has 2 atom stereocenters. The fourth-order valence-corrected chi connectivity index (χ4v) is 3.54. The monoisotopic (exact) mass is 446 g/mol. The van der Waals surface area contributed by atoms with Crippen LogP contribution in [0.2, 0.25) is 0 Å². The van der Waals surface area contributed by atoms with Crippen molar-refractivity contribution in [2.45, 2.75) is 24.7 Å². The second-order valence-electron chi connectivity index (χ2n) is 6.11. The normalized spacial score (nSPS) is 19.3. The molecule has 0 spiro atoms. The number of anilines is 1. The van der Waals surface area contributed by atoms with Gasteiger partial charge in [0, 0.05) is 20.1 Å². The first-order valence-corrected chi connectivity index (χ1v) is 9.05. The highest BCUT2D eigenvalue weighted by Gasteiger charge is 2.47. The third-order valence-electron chi connectivity index (χ3n) is 4.30. The van der Waals surface area contributed by atoms with Crippen molar-refractivity contribution in [3.05, 3.63) is 46.1 Å². The van der Waals surface area contributed by atoms with Gasteiger partial charge in [-0.15, -0.1) is 0 Å². The SMILES string of the molecule is COCCNC(=O)c1nn2c(c1Br)N[C@@H](c1ccccc1)C[C@@H]2C(F)(F)F. The molecule has 0 unspecified atom stereocenters. The van der Waals surface area contributed by atoms with Crippen LogP contribution < -0.4 is 10.6 Å². The molecule has 0 saturated carbocycles. The molecule has 1 aromatic heterocycles. The first kappa shape index (κ1) is 19.7. The van der Waals surface area contributed by atoms with E-state index in [4.69, 9.17) is 4.74 Å². The molecular weight excluding hydrogens is 429 g/mol. The number of aromatic nitrogens is 2. The van der Waals surface area contributed by atoms with Gasteiger partial charge in [0.05, 0.1) is 17.1 Å². The Bertz CT molecular complexity index is 811. The van der Waals surface area contributed by atoms with Gasteiger partial charge in [0.2, 0.25) is 0 Å². The first-order valence-electron chi connectivity index (χ1n) is 8.26. The molecule has 0 radical (unpaired) electrons. The van der Waals surface area contributed by atoms with E-state index in [1.807, 2.05) is 0 Å². The van der Waals surface area contributed by atoms with Gasteiger partial charge in [0.15, 0.2) is 11.7 Å². The fourth-order valence-electron chi connectivity index (χ4n) is 2.99. The number of benzene rings is 1. The molecule has 0 fully saturated rings. The Morgan fingerprint density at radius 2 is 2.11 bits per heavy atom. The molecule has 146 valence electrons. The zero-order valence-corrected chi connectivity index (χ0v) is 16.0. The summed E-state index contributed by atoms with van der Waals surface area (Å²) in [6.07, 6.45) is -4.72. The summed E-state index contributed by atoms with van der Waals surface area (Å²) in [6.45, 7) is 0.517. The minimum atomic E-state index is -4.50. The maximum Gasteiger partial charge on any atom is 0.410 e. The van der Waals surface area contributed by atoms with Crippen molar-refractivity contribution in [2.75, 3.05) is 25.6 Å². The highest BCUT2D eigenvalue weighted by Crippen LogP contribution is 2.46. The van der Waals surface area contributed by atoms with Crippen LogP contribution in [0.15, 0.2) is 34.8 Å². The molecule has 2 heterocycles. The maximum absolute atomic E-state index is 13.7. The number of halogens is 4. The molecule has 0 saturated heterocycles. The summed E-state index contributed by atoms with van der Waals surface area (Å²) in [5.41, 5.74) is 0.633. The van der Waals surface area contributed by atoms with E-state index in [1.165, 1.54) is 7.11 Å². The topological polar surface area (TPSA) is 68.2 Å². The van der Waals surface area contributed by atoms with E-state index in [-0.39, 0.29) is 35.6 Å². The van der Waals surface area contributed by atoms with Gasteiger partial charge < -0.3 is 15.4 Å². The van der Waals surface area contributed by atoms with Crippen molar-refractivity contribution in [2.24, 2.45) is 0 Å².